The second-order valence-corrected chi connectivity index (χ2v) is 8.60. The number of nitrogens with zero attached hydrogens (tertiary/aromatic N) is 2. The van der Waals surface area contributed by atoms with E-state index in [9.17, 15) is 26.4 Å². The number of amides is 1. The predicted molar refractivity (Wildman–Crippen MR) is 88.4 cm³/mol. The van der Waals surface area contributed by atoms with Crippen LogP contribution in [0.5, 0.6) is 0 Å². The van der Waals surface area contributed by atoms with E-state index < -0.39 is 22.2 Å². The van der Waals surface area contributed by atoms with Gasteiger partial charge in [0.2, 0.25) is 15.9 Å². The van der Waals surface area contributed by atoms with E-state index in [4.69, 9.17) is 14.6 Å². The molecule has 3 atom stereocenters. The zero-order valence-corrected chi connectivity index (χ0v) is 16.0. The quantitative estimate of drug-likeness (QED) is 0.608. The number of halogens is 3. The van der Waals surface area contributed by atoms with Crippen molar-refractivity contribution in [2.24, 2.45) is 5.92 Å². The summed E-state index contributed by atoms with van der Waals surface area (Å²) in [6.07, 6.45) is -3.76. The van der Waals surface area contributed by atoms with E-state index in [2.05, 4.69) is 5.32 Å². The van der Waals surface area contributed by atoms with Gasteiger partial charge in [-0.2, -0.15) is 17.5 Å². The van der Waals surface area contributed by atoms with Crippen LogP contribution in [0.3, 0.4) is 0 Å². The molecule has 1 amide bonds. The van der Waals surface area contributed by atoms with Gasteiger partial charge in [0, 0.05) is 26.2 Å². The molecule has 0 radical (unpaired) electrons. The van der Waals surface area contributed by atoms with Crippen molar-refractivity contribution in [1.82, 2.24) is 14.5 Å². The summed E-state index contributed by atoms with van der Waals surface area (Å²) in [7, 11) is 0.678. The molecule has 27 heavy (non-hydrogen) atoms. The zero-order chi connectivity index (χ0) is 21.0. The molecule has 2 bridgehead atoms. The van der Waals surface area contributed by atoms with Crippen molar-refractivity contribution < 1.29 is 41.0 Å². The second kappa shape index (κ2) is 9.17. The van der Waals surface area contributed by atoms with Gasteiger partial charge in [0.15, 0.2) is 0 Å². The van der Waals surface area contributed by atoms with Crippen molar-refractivity contribution in [2.45, 2.75) is 24.8 Å². The zero-order valence-electron chi connectivity index (χ0n) is 15.2. The van der Waals surface area contributed by atoms with E-state index >= 15 is 0 Å². The van der Waals surface area contributed by atoms with Crippen LogP contribution in [0.4, 0.5) is 13.2 Å². The number of carboxylic acid groups (broad SMARTS) is 1. The van der Waals surface area contributed by atoms with E-state index in [1.165, 1.54) is 10.6 Å². The molecule has 158 valence electrons. The topological polar surface area (TPSA) is 116 Å². The lowest BCUT2D eigenvalue weighted by Crippen LogP contribution is -2.47. The van der Waals surface area contributed by atoms with Crippen molar-refractivity contribution >= 4 is 21.9 Å². The Hall–Kier alpha value is -1.44. The Morgan fingerprint density at radius 2 is 1.85 bits per heavy atom. The molecular formula is C14H24F3N3O6S. The molecule has 2 saturated heterocycles. The maximum absolute atomic E-state index is 12.1. The fourth-order valence-electron chi connectivity index (χ4n) is 2.70. The fourth-order valence-corrected chi connectivity index (χ4v) is 3.56. The summed E-state index contributed by atoms with van der Waals surface area (Å²) in [6.45, 7) is 2.01. The van der Waals surface area contributed by atoms with Crippen LogP contribution < -0.4 is 5.32 Å². The van der Waals surface area contributed by atoms with Crippen molar-refractivity contribution in [3.05, 3.63) is 0 Å². The highest BCUT2D eigenvalue weighted by molar-refractivity contribution is 7.88. The van der Waals surface area contributed by atoms with E-state index in [1.54, 1.807) is 0 Å². The van der Waals surface area contributed by atoms with Crippen LogP contribution in [0.15, 0.2) is 0 Å². The highest BCUT2D eigenvalue weighted by atomic mass is 32.2. The smallest absolute Gasteiger partial charge is 0.475 e. The highest BCUT2D eigenvalue weighted by Crippen LogP contribution is 2.32. The Balaban J connectivity index is 0.000000445. The van der Waals surface area contributed by atoms with Crippen molar-refractivity contribution in [3.8, 4) is 0 Å². The van der Waals surface area contributed by atoms with Gasteiger partial charge < -0.3 is 20.1 Å². The maximum Gasteiger partial charge on any atom is 0.490 e. The summed E-state index contributed by atoms with van der Waals surface area (Å²) < 4.78 is 62.0. The SMILES string of the molecule is CN(C)CCNC(=O)C1CC2CN(S(C)(=O)=O)CC1O2.O=C(O)C(F)(F)F. The number of alkyl halides is 3. The minimum atomic E-state index is -5.08. The molecule has 0 aliphatic carbocycles. The number of sulfonamides is 1. The van der Waals surface area contributed by atoms with Gasteiger partial charge in [-0.3, -0.25) is 4.79 Å². The monoisotopic (exact) mass is 419 g/mol. The number of morpholine rings is 1. The van der Waals surface area contributed by atoms with Crippen molar-refractivity contribution in [1.29, 1.82) is 0 Å². The molecule has 2 N–H and O–H groups in total. The van der Waals surface area contributed by atoms with Crippen LogP contribution in [-0.4, -0.2) is 99.5 Å². The summed E-state index contributed by atoms with van der Waals surface area (Å²) in [5.74, 6) is -3.03. The van der Waals surface area contributed by atoms with E-state index in [0.29, 0.717) is 19.5 Å². The second-order valence-electron chi connectivity index (χ2n) is 6.62. The molecule has 0 saturated carbocycles. The molecule has 13 heteroatoms. The molecule has 0 aromatic heterocycles. The number of likely N-dealkylation sites (N-methyl/N-ethyl adjacent to an activating group) is 1. The molecule has 3 unspecified atom stereocenters. The summed E-state index contributed by atoms with van der Waals surface area (Å²) in [5, 5.41) is 10.0. The van der Waals surface area contributed by atoms with Crippen LogP contribution in [0.2, 0.25) is 0 Å². The Bertz CT molecular complexity index is 640. The Morgan fingerprint density at radius 1 is 1.30 bits per heavy atom. The lowest BCUT2D eigenvalue weighted by atomic mass is 9.99. The number of carboxylic acids is 1. The van der Waals surface area contributed by atoms with Gasteiger partial charge in [0.05, 0.1) is 24.4 Å². The van der Waals surface area contributed by atoms with Gasteiger partial charge in [-0.25, -0.2) is 13.2 Å². The minimum Gasteiger partial charge on any atom is -0.475 e. The fraction of sp³-hybridized carbons (Fsp3) is 0.857. The van der Waals surface area contributed by atoms with Gasteiger partial charge in [-0.1, -0.05) is 0 Å². The van der Waals surface area contributed by atoms with Gasteiger partial charge >= 0.3 is 12.1 Å². The number of hydrogen-bond donors (Lipinski definition) is 2. The number of ether oxygens (including phenoxy) is 1. The lowest BCUT2D eigenvalue weighted by molar-refractivity contribution is -0.192. The molecular weight excluding hydrogens is 395 g/mol. The van der Waals surface area contributed by atoms with Crippen molar-refractivity contribution in [2.75, 3.05) is 46.5 Å². The largest absolute Gasteiger partial charge is 0.490 e. The third-order valence-electron chi connectivity index (χ3n) is 4.03. The minimum absolute atomic E-state index is 0.0327. The first-order chi connectivity index (χ1) is 12.2. The van der Waals surface area contributed by atoms with Crippen LogP contribution in [0.1, 0.15) is 6.42 Å². The van der Waals surface area contributed by atoms with Crippen LogP contribution >= 0.6 is 0 Å². The lowest BCUT2D eigenvalue weighted by Gasteiger charge is -2.30. The molecule has 0 aromatic rings. The molecule has 2 aliphatic heterocycles. The maximum atomic E-state index is 12.1. The van der Waals surface area contributed by atoms with Gasteiger partial charge in [0.1, 0.15) is 0 Å². The number of aliphatic carboxylic acids is 1. The first kappa shape index (κ1) is 23.6. The Labute approximate surface area is 155 Å². The van der Waals surface area contributed by atoms with Crippen molar-refractivity contribution in [3.63, 3.8) is 0 Å². The standard InChI is InChI=1S/C12H23N3O4S.C2HF3O2/c1-14(2)5-4-13-12(16)10-6-9-7-15(20(3,17)18)8-11(10)19-9;3-2(4,5)1(6)7/h9-11H,4-8H2,1-3H3,(H,13,16);(H,6,7). The number of hydrogen-bond acceptors (Lipinski definition) is 6. The van der Waals surface area contributed by atoms with Crippen LogP contribution in [0, 0.1) is 5.92 Å². The summed E-state index contributed by atoms with van der Waals surface area (Å²) in [5.41, 5.74) is 0. The molecule has 2 rings (SSSR count). The number of carbonyl (C=O) groups is 2. The summed E-state index contributed by atoms with van der Waals surface area (Å²) >= 11 is 0. The van der Waals surface area contributed by atoms with Crippen LogP contribution in [-0.2, 0) is 24.3 Å². The van der Waals surface area contributed by atoms with Gasteiger partial charge in [-0.15, -0.1) is 0 Å². The number of fused-ring (bicyclic) bond motifs is 2. The summed E-state index contributed by atoms with van der Waals surface area (Å²) in [6, 6.07) is 0. The number of nitrogens with one attached hydrogen (secondary N) is 1. The highest BCUT2D eigenvalue weighted by Gasteiger charge is 2.46. The predicted octanol–water partition coefficient (Wildman–Crippen LogP) is -0.654. The molecule has 0 aromatic carbocycles. The first-order valence-corrected chi connectivity index (χ1v) is 9.89. The average Bonchev–Trinajstić information content (AvgIpc) is 2.79. The molecule has 2 heterocycles. The van der Waals surface area contributed by atoms with Gasteiger partial charge in [-0.05, 0) is 20.5 Å². The third kappa shape index (κ3) is 7.60. The Kier molecular flexibility index (Phi) is 8.01. The number of carbonyl (C=O) groups excluding carboxylic acids is 1. The van der Waals surface area contributed by atoms with Crippen LogP contribution in [0.25, 0.3) is 0 Å². The average molecular weight is 419 g/mol. The molecule has 0 spiro atoms. The Morgan fingerprint density at radius 3 is 2.30 bits per heavy atom. The summed E-state index contributed by atoms with van der Waals surface area (Å²) in [4.78, 5) is 23.0. The normalized spacial score (nSPS) is 25.7. The molecule has 9 nitrogen and oxygen atoms in total. The van der Waals surface area contributed by atoms with E-state index in [0.717, 1.165) is 6.54 Å². The first-order valence-electron chi connectivity index (χ1n) is 8.05. The molecule has 2 aliphatic rings. The third-order valence-corrected chi connectivity index (χ3v) is 5.27. The molecule has 2 fully saturated rings. The number of rotatable bonds is 5. The van der Waals surface area contributed by atoms with E-state index in [1.807, 2.05) is 19.0 Å². The van der Waals surface area contributed by atoms with Gasteiger partial charge in [0.25, 0.3) is 0 Å². The van der Waals surface area contributed by atoms with E-state index in [-0.39, 0.29) is 30.6 Å².